The summed E-state index contributed by atoms with van der Waals surface area (Å²) in [6.45, 7) is 0. The maximum absolute atomic E-state index is 13.2. The molecule has 176 valence electrons. The van der Waals surface area contributed by atoms with Crippen LogP contribution in [0.5, 0.6) is 5.75 Å². The lowest BCUT2D eigenvalue weighted by Crippen LogP contribution is -2.22. The fraction of sp³-hybridized carbons (Fsp3) is 0.250. The van der Waals surface area contributed by atoms with Gasteiger partial charge < -0.3 is 10.1 Å². The molecule has 2 N–H and O–H groups in total. The van der Waals surface area contributed by atoms with Gasteiger partial charge in [-0.1, -0.05) is 16.7 Å². The van der Waals surface area contributed by atoms with Crippen LogP contribution < -0.4 is 15.4 Å². The van der Waals surface area contributed by atoms with Crippen LogP contribution in [0, 0.1) is 0 Å². The van der Waals surface area contributed by atoms with Crippen molar-refractivity contribution in [3.8, 4) is 5.75 Å². The maximum atomic E-state index is 13.2. The van der Waals surface area contributed by atoms with Crippen molar-refractivity contribution in [3.05, 3.63) is 40.2 Å². The molecular weight excluding hydrogens is 483 g/mol. The van der Waals surface area contributed by atoms with Crippen LogP contribution in [0.2, 0.25) is 5.02 Å². The van der Waals surface area contributed by atoms with Crippen LogP contribution in [0.1, 0.15) is 32.8 Å². The monoisotopic (exact) mass is 494 g/mol. The van der Waals surface area contributed by atoms with Gasteiger partial charge in [-0.15, -0.1) is 13.2 Å². The number of rotatable bonds is 6. The first-order valence-corrected chi connectivity index (χ1v) is 9.00. The number of carbonyl (C=O) groups is 2. The van der Waals surface area contributed by atoms with Crippen LogP contribution in [0.3, 0.4) is 0 Å². The van der Waals surface area contributed by atoms with E-state index < -0.39 is 57.9 Å². The fourth-order valence-electron chi connectivity index (χ4n) is 2.59. The third-order valence-electron chi connectivity index (χ3n) is 3.97. The van der Waals surface area contributed by atoms with Gasteiger partial charge >= 0.3 is 6.36 Å². The number of hydrogen-bond donors (Lipinski definition) is 2. The van der Waals surface area contributed by atoms with Crippen LogP contribution in [-0.4, -0.2) is 48.2 Å². The molecule has 0 atom stereocenters. The van der Waals surface area contributed by atoms with Crippen molar-refractivity contribution in [1.29, 1.82) is 0 Å². The number of nitrogens with one attached hydrogen (secondary N) is 2. The van der Waals surface area contributed by atoms with E-state index >= 15 is 0 Å². The summed E-state index contributed by atoms with van der Waals surface area (Å²) in [6.07, 6.45) is -7.41. The maximum Gasteiger partial charge on any atom is 0.573 e. The van der Waals surface area contributed by atoms with Crippen molar-refractivity contribution in [1.82, 2.24) is 30.0 Å². The smallest absolute Gasteiger partial charge is 0.404 e. The first kappa shape index (κ1) is 23.8. The summed E-state index contributed by atoms with van der Waals surface area (Å²) in [7, 11) is 2.66. The lowest BCUT2D eigenvalue weighted by Gasteiger charge is -2.17. The number of aromatic nitrogens is 6. The van der Waals surface area contributed by atoms with Gasteiger partial charge in [0.15, 0.2) is 5.75 Å². The van der Waals surface area contributed by atoms with E-state index in [0.29, 0.717) is 0 Å². The standard InChI is InChI=1S/C16H12ClF5N8O3/c1-29-5-7(10(26-29)12(18)19)14(32)23-11-8(33-16(20,21)22)4-3-6(9(11)17)13(31)24-15-25-27-28-30(15)2/h3-5,12H,1-2H3,(H,23,32)(H,24,25,28,31). The summed E-state index contributed by atoms with van der Waals surface area (Å²) < 4.78 is 70.8. The van der Waals surface area contributed by atoms with E-state index in [4.69, 9.17) is 11.6 Å². The Bertz CT molecular complexity index is 1210. The van der Waals surface area contributed by atoms with Gasteiger partial charge in [-0.25, -0.2) is 13.5 Å². The predicted octanol–water partition coefficient (Wildman–Crippen LogP) is 2.94. The second-order valence-electron chi connectivity index (χ2n) is 6.28. The Hall–Kier alpha value is -3.82. The number of alkyl halides is 5. The average molecular weight is 495 g/mol. The molecule has 1 aromatic carbocycles. The molecule has 17 heteroatoms. The van der Waals surface area contributed by atoms with E-state index in [-0.39, 0.29) is 5.95 Å². The molecule has 2 amide bonds. The molecule has 3 rings (SSSR count). The Labute approximate surface area is 185 Å². The van der Waals surface area contributed by atoms with Gasteiger partial charge in [0.05, 0.1) is 16.1 Å². The van der Waals surface area contributed by atoms with E-state index in [1.807, 2.05) is 5.32 Å². The van der Waals surface area contributed by atoms with Gasteiger partial charge in [0.1, 0.15) is 11.4 Å². The summed E-state index contributed by atoms with van der Waals surface area (Å²) in [6, 6.07) is 1.61. The Morgan fingerprint density at radius 3 is 2.36 bits per heavy atom. The molecule has 11 nitrogen and oxygen atoms in total. The normalized spacial score (nSPS) is 11.5. The first-order chi connectivity index (χ1) is 15.4. The largest absolute Gasteiger partial charge is 0.573 e. The van der Waals surface area contributed by atoms with Crippen molar-refractivity contribution < 1.29 is 36.3 Å². The lowest BCUT2D eigenvalue weighted by atomic mass is 10.1. The second-order valence-corrected chi connectivity index (χ2v) is 6.66. The molecule has 0 saturated carbocycles. The molecule has 0 radical (unpaired) electrons. The number of benzene rings is 1. The second kappa shape index (κ2) is 8.97. The highest BCUT2D eigenvalue weighted by atomic mass is 35.5. The van der Waals surface area contributed by atoms with Crippen molar-refractivity contribution in [2.75, 3.05) is 10.6 Å². The van der Waals surface area contributed by atoms with Gasteiger partial charge in [-0.05, 0) is 22.6 Å². The number of carbonyl (C=O) groups excluding carboxylic acids is 2. The van der Waals surface area contributed by atoms with Gasteiger partial charge in [0.25, 0.3) is 18.2 Å². The molecule has 0 bridgehead atoms. The molecule has 0 aliphatic carbocycles. The average Bonchev–Trinajstić information content (AvgIpc) is 3.29. The predicted molar refractivity (Wildman–Crippen MR) is 101 cm³/mol. The number of hydrogen-bond acceptors (Lipinski definition) is 7. The highest BCUT2D eigenvalue weighted by Gasteiger charge is 2.34. The van der Waals surface area contributed by atoms with Crippen LogP contribution >= 0.6 is 11.6 Å². The molecule has 33 heavy (non-hydrogen) atoms. The number of anilines is 2. The van der Waals surface area contributed by atoms with E-state index in [2.05, 4.69) is 30.7 Å². The van der Waals surface area contributed by atoms with Crippen LogP contribution in [0.4, 0.5) is 33.6 Å². The van der Waals surface area contributed by atoms with Crippen LogP contribution in [0.25, 0.3) is 0 Å². The summed E-state index contributed by atoms with van der Waals surface area (Å²) in [5.74, 6) is -3.31. The van der Waals surface area contributed by atoms with Crippen LogP contribution in [0.15, 0.2) is 18.3 Å². The zero-order valence-electron chi connectivity index (χ0n) is 16.5. The summed E-state index contributed by atoms with van der Waals surface area (Å²) in [5.41, 5.74) is -2.72. The summed E-state index contributed by atoms with van der Waals surface area (Å²) >= 11 is 6.11. The van der Waals surface area contributed by atoms with Gasteiger partial charge in [0.2, 0.25) is 5.95 Å². The van der Waals surface area contributed by atoms with Crippen molar-refractivity contribution >= 4 is 35.1 Å². The third-order valence-corrected chi connectivity index (χ3v) is 4.36. The first-order valence-electron chi connectivity index (χ1n) is 8.62. The molecule has 0 saturated heterocycles. The van der Waals surface area contributed by atoms with E-state index in [9.17, 15) is 31.5 Å². The van der Waals surface area contributed by atoms with Crippen molar-refractivity contribution in [2.24, 2.45) is 14.1 Å². The highest BCUT2D eigenvalue weighted by Crippen LogP contribution is 2.39. The Morgan fingerprint density at radius 2 is 1.79 bits per heavy atom. The van der Waals surface area contributed by atoms with E-state index in [1.54, 1.807) is 0 Å². The van der Waals surface area contributed by atoms with Crippen molar-refractivity contribution in [3.63, 3.8) is 0 Å². The van der Waals surface area contributed by atoms with E-state index in [0.717, 1.165) is 27.7 Å². The minimum absolute atomic E-state index is 0.116. The van der Waals surface area contributed by atoms with E-state index in [1.165, 1.54) is 14.1 Å². The quantitative estimate of drug-likeness (QED) is 0.504. The number of halogens is 6. The van der Waals surface area contributed by atoms with Crippen molar-refractivity contribution in [2.45, 2.75) is 12.8 Å². The lowest BCUT2D eigenvalue weighted by molar-refractivity contribution is -0.274. The van der Waals surface area contributed by atoms with Gasteiger partial charge in [0, 0.05) is 20.3 Å². The van der Waals surface area contributed by atoms with Gasteiger partial charge in [-0.2, -0.15) is 5.10 Å². The molecule has 2 heterocycles. The zero-order chi connectivity index (χ0) is 24.5. The number of ether oxygens (including phenoxy) is 1. The number of tetrazole rings is 1. The number of nitrogens with zero attached hydrogens (tertiary/aromatic N) is 6. The number of amides is 2. The molecular formula is C16H12ClF5N8O3. The summed E-state index contributed by atoms with van der Waals surface area (Å²) in [4.78, 5) is 25.1. The molecule has 0 aliphatic rings. The number of aryl methyl sites for hydroxylation is 2. The minimum Gasteiger partial charge on any atom is -0.404 e. The Kier molecular flexibility index (Phi) is 6.48. The SMILES string of the molecule is Cn1cc(C(=O)Nc2c(OC(F)(F)F)ccc(C(=O)Nc3nnnn3C)c2Cl)c(C(F)F)n1. The minimum atomic E-state index is -5.20. The molecule has 0 unspecified atom stereocenters. The third kappa shape index (κ3) is 5.33. The zero-order valence-corrected chi connectivity index (χ0v) is 17.2. The summed E-state index contributed by atoms with van der Waals surface area (Å²) in [5, 5.41) is 17.4. The Morgan fingerprint density at radius 1 is 1.12 bits per heavy atom. The molecule has 0 fully saturated rings. The molecule has 2 aromatic heterocycles. The topological polar surface area (TPSA) is 129 Å². The molecule has 3 aromatic rings. The highest BCUT2D eigenvalue weighted by molar-refractivity contribution is 6.38. The molecule has 0 aliphatic heterocycles. The van der Waals surface area contributed by atoms with Gasteiger partial charge in [-0.3, -0.25) is 19.6 Å². The molecule has 0 spiro atoms. The Balaban J connectivity index is 2.01. The fourth-order valence-corrected chi connectivity index (χ4v) is 2.88. The van der Waals surface area contributed by atoms with Crippen LogP contribution in [-0.2, 0) is 14.1 Å².